The summed E-state index contributed by atoms with van der Waals surface area (Å²) < 4.78 is 27.8. The third-order valence-electron chi connectivity index (χ3n) is 4.81. The molecule has 0 heterocycles. The van der Waals surface area contributed by atoms with E-state index >= 15 is 0 Å². The number of aryl methyl sites for hydroxylation is 1. The average Bonchev–Trinajstić information content (AvgIpc) is 2.75. The van der Waals surface area contributed by atoms with E-state index in [-0.39, 0.29) is 21.7 Å². The lowest BCUT2D eigenvalue weighted by Gasteiger charge is -2.19. The predicted molar refractivity (Wildman–Crippen MR) is 120 cm³/mol. The van der Waals surface area contributed by atoms with Crippen LogP contribution in [0.25, 0.3) is 0 Å². The smallest absolute Gasteiger partial charge is 0.261 e. The number of rotatable bonds is 4. The van der Waals surface area contributed by atoms with Gasteiger partial charge in [-0.3, -0.25) is 14.3 Å². The number of fused-ring (bicyclic) bond motifs is 1. The molecule has 0 amide bonds. The number of anilines is 1. The second-order valence-corrected chi connectivity index (χ2v) is 9.19. The Kier molecular flexibility index (Phi) is 5.47. The zero-order chi connectivity index (χ0) is 22.2. The molecule has 1 N–H and O–H groups in total. The fourth-order valence-electron chi connectivity index (χ4n) is 3.28. The molecule has 6 nitrogen and oxygen atoms in total. The molecule has 156 valence electrons. The van der Waals surface area contributed by atoms with Crippen molar-refractivity contribution in [2.24, 2.45) is 4.99 Å². The fraction of sp³-hybridized carbons (Fsp3) is 0.0870. The minimum absolute atomic E-state index is 0.0387. The maximum absolute atomic E-state index is 12.8. The van der Waals surface area contributed by atoms with Gasteiger partial charge in [0, 0.05) is 16.8 Å². The SMILES string of the molecule is Cc1cccc(NS(=O)(=O)[13c]2ccc(N=C3C(=O)c4ccccc4C(=O)C3Cl)cc2)c1. The molecule has 0 saturated carbocycles. The molecule has 1 aliphatic carbocycles. The van der Waals surface area contributed by atoms with E-state index in [1.165, 1.54) is 24.3 Å². The molecule has 8 heteroatoms. The second-order valence-electron chi connectivity index (χ2n) is 7.07. The van der Waals surface area contributed by atoms with Gasteiger partial charge in [-0.05, 0) is 48.9 Å². The Bertz CT molecular complexity index is 1330. The Labute approximate surface area is 184 Å². The number of hydrogen-bond donors (Lipinski definition) is 1. The minimum Gasteiger partial charge on any atom is -0.292 e. The molecule has 0 spiro atoms. The van der Waals surface area contributed by atoms with Crippen LogP contribution in [0.2, 0.25) is 0 Å². The third-order valence-corrected chi connectivity index (χ3v) is 6.61. The number of carbonyl (C=O) groups excluding carboxylic acids is 2. The van der Waals surface area contributed by atoms with E-state index in [4.69, 9.17) is 11.6 Å². The topological polar surface area (TPSA) is 92.7 Å². The number of benzene rings is 3. The van der Waals surface area contributed by atoms with Crippen LogP contribution < -0.4 is 4.72 Å². The van der Waals surface area contributed by atoms with Crippen molar-refractivity contribution >= 4 is 50.3 Å². The molecule has 4 rings (SSSR count). The summed E-state index contributed by atoms with van der Waals surface area (Å²) in [6.07, 6.45) is 0. The quantitative estimate of drug-likeness (QED) is 0.586. The molecule has 3 aromatic rings. The fourth-order valence-corrected chi connectivity index (χ4v) is 4.59. The van der Waals surface area contributed by atoms with E-state index in [9.17, 15) is 18.0 Å². The molecule has 0 aromatic heterocycles. The summed E-state index contributed by atoms with van der Waals surface area (Å²) in [4.78, 5) is 29.5. The average molecular weight is 454 g/mol. The lowest BCUT2D eigenvalue weighted by Crippen LogP contribution is -2.37. The van der Waals surface area contributed by atoms with Gasteiger partial charge in [-0.2, -0.15) is 0 Å². The molecule has 0 aliphatic heterocycles. The highest BCUT2D eigenvalue weighted by molar-refractivity contribution is 7.92. The lowest BCUT2D eigenvalue weighted by atomic mass is 9.88. The number of nitrogens with one attached hydrogen (secondary N) is 1. The van der Waals surface area contributed by atoms with Gasteiger partial charge in [0.1, 0.15) is 11.1 Å². The van der Waals surface area contributed by atoms with Crippen LogP contribution in [0.3, 0.4) is 0 Å². The van der Waals surface area contributed by atoms with Crippen LogP contribution in [-0.4, -0.2) is 31.1 Å². The van der Waals surface area contributed by atoms with Crippen molar-refractivity contribution in [3.63, 3.8) is 0 Å². The summed E-state index contributed by atoms with van der Waals surface area (Å²) in [5, 5.41) is -1.20. The first-order valence-electron chi connectivity index (χ1n) is 9.36. The molecule has 3 aromatic carbocycles. The molecule has 1 aliphatic rings. The van der Waals surface area contributed by atoms with Gasteiger partial charge in [0.15, 0.2) is 5.78 Å². The summed E-state index contributed by atoms with van der Waals surface area (Å²) >= 11 is 6.21. The Hall–Kier alpha value is -3.29. The van der Waals surface area contributed by atoms with Crippen LogP contribution in [0.5, 0.6) is 0 Å². The van der Waals surface area contributed by atoms with Gasteiger partial charge in [-0.15, -0.1) is 11.6 Å². The van der Waals surface area contributed by atoms with Crippen molar-refractivity contribution in [3.8, 4) is 0 Å². The van der Waals surface area contributed by atoms with Gasteiger partial charge in [0.05, 0.1) is 10.6 Å². The lowest BCUT2D eigenvalue weighted by molar-refractivity contribution is 0.0968. The molecule has 0 bridgehead atoms. The van der Waals surface area contributed by atoms with Crippen LogP contribution in [0.15, 0.2) is 82.7 Å². The summed E-state index contributed by atoms with van der Waals surface area (Å²) in [5.41, 5.74) is 2.14. The first-order valence-corrected chi connectivity index (χ1v) is 11.3. The predicted octanol–water partition coefficient (Wildman–Crippen LogP) is 4.55. The van der Waals surface area contributed by atoms with E-state index in [0.717, 1.165) is 5.56 Å². The van der Waals surface area contributed by atoms with Crippen LogP contribution >= 0.6 is 11.6 Å². The van der Waals surface area contributed by atoms with Gasteiger partial charge in [0.25, 0.3) is 10.0 Å². The number of ketones is 2. The molecule has 0 fully saturated rings. The Balaban J connectivity index is 1.62. The van der Waals surface area contributed by atoms with E-state index < -0.39 is 27.0 Å². The van der Waals surface area contributed by atoms with Crippen LogP contribution in [0, 0.1) is 6.92 Å². The highest BCUT2D eigenvalue weighted by Gasteiger charge is 2.37. The molecule has 1 unspecified atom stereocenters. The third kappa shape index (κ3) is 4.15. The van der Waals surface area contributed by atoms with Crippen LogP contribution in [0.4, 0.5) is 11.4 Å². The van der Waals surface area contributed by atoms with E-state index in [2.05, 4.69) is 9.71 Å². The van der Waals surface area contributed by atoms with E-state index in [1.54, 1.807) is 42.5 Å². The van der Waals surface area contributed by atoms with Gasteiger partial charge in [0.2, 0.25) is 5.78 Å². The number of halogens is 1. The normalized spacial score (nSPS) is 17.5. The zero-order valence-corrected chi connectivity index (χ0v) is 17.9. The first kappa shape index (κ1) is 21.0. The van der Waals surface area contributed by atoms with Crippen molar-refractivity contribution in [1.82, 2.24) is 0 Å². The summed E-state index contributed by atoms with van der Waals surface area (Å²) in [6, 6.07) is 19.1. The van der Waals surface area contributed by atoms with Gasteiger partial charge in [-0.25, -0.2) is 13.4 Å². The van der Waals surface area contributed by atoms with Gasteiger partial charge < -0.3 is 0 Å². The number of hydrogen-bond acceptors (Lipinski definition) is 5. The number of sulfonamides is 1. The highest BCUT2D eigenvalue weighted by Crippen LogP contribution is 2.26. The maximum atomic E-state index is 12.8. The second kappa shape index (κ2) is 8.09. The number of Topliss-reactive ketones (excluding diaryl/α,β-unsaturated/α-hetero) is 2. The molecule has 0 saturated heterocycles. The van der Waals surface area contributed by atoms with Crippen LogP contribution in [0.1, 0.15) is 26.3 Å². The minimum atomic E-state index is -3.80. The Morgan fingerprint density at radius 1 is 0.903 bits per heavy atom. The van der Waals surface area contributed by atoms with E-state index in [0.29, 0.717) is 11.4 Å². The number of carbonyl (C=O) groups is 2. The molecular formula is C23H17ClN2O4S. The Morgan fingerprint density at radius 3 is 2.26 bits per heavy atom. The number of nitrogens with zero attached hydrogens (tertiary/aromatic N) is 1. The molecule has 1 atom stereocenters. The maximum Gasteiger partial charge on any atom is 0.261 e. The monoisotopic (exact) mass is 453 g/mol. The number of alkyl halides is 1. The van der Waals surface area contributed by atoms with E-state index in [1.807, 2.05) is 13.0 Å². The summed E-state index contributed by atoms with van der Waals surface area (Å²) in [7, 11) is -3.80. The van der Waals surface area contributed by atoms with Crippen molar-refractivity contribution < 1.29 is 18.0 Å². The number of aliphatic imine (C=N–C) groups is 1. The Morgan fingerprint density at radius 2 is 1.58 bits per heavy atom. The molecular weight excluding hydrogens is 437 g/mol. The van der Waals surface area contributed by atoms with Crippen molar-refractivity contribution in [2.45, 2.75) is 17.2 Å². The standard InChI is InChI=1S/C23H17ClN2O4S/c1-14-5-4-6-16(13-14)26-31(29,30)17-11-9-15(10-12-17)25-21-20(24)22(27)18-7-2-3-8-19(18)23(21)28/h2-13,20,26H,1H3/i17+1. The highest BCUT2D eigenvalue weighted by atomic mass is 35.5. The summed E-state index contributed by atoms with van der Waals surface area (Å²) in [6.45, 7) is 1.87. The zero-order valence-electron chi connectivity index (χ0n) is 16.4. The molecule has 0 radical (unpaired) electrons. The largest absolute Gasteiger partial charge is 0.292 e. The summed E-state index contributed by atoms with van der Waals surface area (Å²) in [5.74, 6) is -0.815. The first-order chi connectivity index (χ1) is 14.8. The van der Waals surface area contributed by atoms with Crippen molar-refractivity contribution in [1.29, 1.82) is 0 Å². The van der Waals surface area contributed by atoms with Crippen molar-refractivity contribution in [3.05, 3.63) is 89.5 Å². The van der Waals surface area contributed by atoms with Crippen LogP contribution in [-0.2, 0) is 10.0 Å². The molecule has 31 heavy (non-hydrogen) atoms. The van der Waals surface area contributed by atoms with Gasteiger partial charge >= 0.3 is 0 Å². The van der Waals surface area contributed by atoms with Crippen molar-refractivity contribution in [2.75, 3.05) is 4.72 Å². The van der Waals surface area contributed by atoms with Gasteiger partial charge in [-0.1, -0.05) is 36.4 Å².